The molecule has 5 rings (SSSR count). The van der Waals surface area contributed by atoms with Crippen LogP contribution in [0.5, 0.6) is 11.6 Å². The van der Waals surface area contributed by atoms with Crippen LogP contribution in [-0.4, -0.2) is 70.8 Å². The Kier molecular flexibility index (Phi) is 7.33. The van der Waals surface area contributed by atoms with Crippen LogP contribution in [0.25, 0.3) is 16.9 Å². The fraction of sp³-hybridized carbons (Fsp3) is 0.480. The third-order valence-electron chi connectivity index (χ3n) is 6.86. The number of nitrogens with one attached hydrogen (secondary N) is 1. The molecular formula is C25H32N10O3. The molecule has 0 saturated carbocycles. The van der Waals surface area contributed by atoms with E-state index in [0.29, 0.717) is 54.1 Å². The third-order valence-corrected chi connectivity index (χ3v) is 6.86. The van der Waals surface area contributed by atoms with Gasteiger partial charge in [0.05, 0.1) is 43.4 Å². The molecular weight excluding hydrogens is 488 g/mol. The van der Waals surface area contributed by atoms with E-state index in [-0.39, 0.29) is 18.1 Å². The number of methoxy groups -OCH3 is 1. The Bertz CT molecular complexity index is 1420. The summed E-state index contributed by atoms with van der Waals surface area (Å²) in [7, 11) is 3.37. The number of amides is 2. The molecule has 1 aliphatic rings. The van der Waals surface area contributed by atoms with E-state index in [1.54, 1.807) is 36.1 Å². The summed E-state index contributed by atoms with van der Waals surface area (Å²) in [5.74, 6) is 1.64. The number of tetrazole rings is 1. The van der Waals surface area contributed by atoms with E-state index < -0.39 is 0 Å². The number of aryl methyl sites for hydroxylation is 1. The number of ether oxygens (including phenoxy) is 2. The van der Waals surface area contributed by atoms with Crippen molar-refractivity contribution >= 4 is 11.7 Å². The number of fused-ring (bicyclic) bond motifs is 7. The van der Waals surface area contributed by atoms with Crippen molar-refractivity contribution in [2.45, 2.75) is 51.6 Å². The largest absolute Gasteiger partial charge is 0.494 e. The lowest BCUT2D eigenvalue weighted by Crippen LogP contribution is -2.43. The van der Waals surface area contributed by atoms with Crippen molar-refractivity contribution < 1.29 is 14.3 Å². The second-order valence-corrected chi connectivity index (χ2v) is 9.22. The number of carbonyl (C=O) groups is 1. The standard InChI is InChI=1S/C25H32N10O3/c1-5-35-16(2)19-13-17(21(37-4)14-27-19)20-15-34-11-10-26-23(34)24(28-20)38-12-8-6-7-9-18(29-25(35)36)22-30-31-32-33(22)3/h10-11,13-16,18H,5-9,12H2,1-4H3,(H,29,36)/t16-,18?/m1/s1. The monoisotopic (exact) mass is 520 g/mol. The first kappa shape index (κ1) is 25.4. The van der Waals surface area contributed by atoms with E-state index >= 15 is 0 Å². The van der Waals surface area contributed by atoms with Gasteiger partial charge in [-0.15, -0.1) is 5.10 Å². The predicted molar refractivity (Wildman–Crippen MR) is 138 cm³/mol. The minimum Gasteiger partial charge on any atom is -0.494 e. The molecule has 13 heteroatoms. The molecule has 0 spiro atoms. The lowest BCUT2D eigenvalue weighted by atomic mass is 10.1. The van der Waals surface area contributed by atoms with Crippen LogP contribution in [-0.2, 0) is 7.05 Å². The molecule has 1 N–H and O–H groups in total. The fourth-order valence-electron chi connectivity index (χ4n) is 4.76. The molecule has 0 radical (unpaired) electrons. The minimum absolute atomic E-state index is 0.208. The Balaban J connectivity index is 1.57. The van der Waals surface area contributed by atoms with Crippen LogP contribution >= 0.6 is 0 Å². The number of hydrogen-bond donors (Lipinski definition) is 1. The molecule has 1 unspecified atom stereocenters. The molecule has 4 bridgehead atoms. The number of aromatic nitrogens is 8. The first-order chi connectivity index (χ1) is 18.5. The van der Waals surface area contributed by atoms with Gasteiger partial charge in [0.15, 0.2) is 5.82 Å². The highest BCUT2D eigenvalue weighted by molar-refractivity contribution is 5.75. The van der Waals surface area contributed by atoms with E-state index in [4.69, 9.17) is 14.5 Å². The molecule has 0 aromatic carbocycles. The average Bonchev–Trinajstić information content (AvgIpc) is 3.58. The molecule has 0 fully saturated rings. The molecule has 0 saturated heterocycles. The highest BCUT2D eigenvalue weighted by Crippen LogP contribution is 2.33. The molecule has 1 aliphatic heterocycles. The smallest absolute Gasteiger partial charge is 0.318 e. The van der Waals surface area contributed by atoms with Gasteiger partial charge in [0.1, 0.15) is 5.75 Å². The quantitative estimate of drug-likeness (QED) is 0.432. The summed E-state index contributed by atoms with van der Waals surface area (Å²) >= 11 is 0. The Morgan fingerprint density at radius 1 is 1.24 bits per heavy atom. The lowest BCUT2D eigenvalue weighted by molar-refractivity contribution is 0.176. The van der Waals surface area contributed by atoms with Crippen molar-refractivity contribution in [2.24, 2.45) is 7.05 Å². The highest BCUT2D eigenvalue weighted by atomic mass is 16.5. The number of nitrogens with zero attached hydrogens (tertiary/aromatic N) is 9. The summed E-state index contributed by atoms with van der Waals surface area (Å²) in [6.07, 6.45) is 10.4. The maximum atomic E-state index is 13.5. The molecule has 5 heterocycles. The number of carbonyl (C=O) groups excluding carboxylic acids is 1. The molecule has 2 atom stereocenters. The zero-order chi connectivity index (χ0) is 26.6. The Morgan fingerprint density at radius 3 is 2.87 bits per heavy atom. The normalized spacial score (nSPS) is 19.1. The van der Waals surface area contributed by atoms with Gasteiger partial charge in [0, 0.05) is 37.7 Å². The average molecular weight is 521 g/mol. The topological polar surface area (TPSA) is 137 Å². The van der Waals surface area contributed by atoms with Crippen molar-refractivity contribution in [3.05, 3.63) is 42.4 Å². The third kappa shape index (κ3) is 4.95. The van der Waals surface area contributed by atoms with Crippen LogP contribution in [0.3, 0.4) is 0 Å². The zero-order valence-corrected chi connectivity index (χ0v) is 22.0. The van der Waals surface area contributed by atoms with Crippen LogP contribution in [0.1, 0.15) is 63.1 Å². The van der Waals surface area contributed by atoms with Crippen molar-refractivity contribution in [3.63, 3.8) is 0 Å². The van der Waals surface area contributed by atoms with E-state index in [1.807, 2.05) is 36.7 Å². The SMILES string of the molecule is CCN1C(=O)NC(c2nnnn2C)CCCCCOc2nc(cn3ccnc23)-c2cc(ncc2OC)[C@H]1C. The van der Waals surface area contributed by atoms with Crippen molar-refractivity contribution in [1.82, 2.24) is 49.8 Å². The van der Waals surface area contributed by atoms with Gasteiger partial charge in [-0.3, -0.25) is 4.98 Å². The van der Waals surface area contributed by atoms with Gasteiger partial charge in [0.2, 0.25) is 5.65 Å². The van der Waals surface area contributed by atoms with Crippen molar-refractivity contribution in [1.29, 1.82) is 0 Å². The Morgan fingerprint density at radius 2 is 2.11 bits per heavy atom. The maximum absolute atomic E-state index is 13.5. The van der Waals surface area contributed by atoms with Crippen LogP contribution in [0.2, 0.25) is 0 Å². The predicted octanol–water partition coefficient (Wildman–Crippen LogP) is 3.11. The summed E-state index contributed by atoms with van der Waals surface area (Å²) in [5, 5.41) is 15.1. The number of rotatable bonds is 3. The van der Waals surface area contributed by atoms with Crippen molar-refractivity contribution in [3.8, 4) is 22.9 Å². The van der Waals surface area contributed by atoms with Gasteiger partial charge in [-0.25, -0.2) is 19.4 Å². The molecule has 4 aromatic heterocycles. The van der Waals surface area contributed by atoms with E-state index in [9.17, 15) is 4.79 Å². The summed E-state index contributed by atoms with van der Waals surface area (Å²) in [5.41, 5.74) is 2.75. The van der Waals surface area contributed by atoms with Gasteiger partial charge < -0.3 is 24.1 Å². The number of hydrogen-bond acceptors (Lipinski definition) is 9. The van der Waals surface area contributed by atoms with E-state index in [2.05, 4.69) is 30.8 Å². The summed E-state index contributed by atoms with van der Waals surface area (Å²) < 4.78 is 15.2. The molecule has 0 aliphatic carbocycles. The zero-order valence-electron chi connectivity index (χ0n) is 22.0. The highest BCUT2D eigenvalue weighted by Gasteiger charge is 2.27. The Labute approximate surface area is 220 Å². The van der Waals surface area contributed by atoms with Crippen molar-refractivity contribution in [2.75, 3.05) is 20.3 Å². The van der Waals surface area contributed by atoms with E-state index in [0.717, 1.165) is 24.8 Å². The molecule has 200 valence electrons. The summed E-state index contributed by atoms with van der Waals surface area (Å²) in [6.45, 7) is 4.87. The second kappa shape index (κ2) is 11.0. The lowest BCUT2D eigenvalue weighted by Gasteiger charge is -2.30. The Hall–Kier alpha value is -4.29. The van der Waals surface area contributed by atoms with Gasteiger partial charge in [0.25, 0.3) is 5.88 Å². The van der Waals surface area contributed by atoms with Gasteiger partial charge in [-0.1, -0.05) is 6.42 Å². The van der Waals surface area contributed by atoms with Crippen LogP contribution in [0.15, 0.2) is 30.9 Å². The fourth-order valence-corrected chi connectivity index (χ4v) is 4.76. The minimum atomic E-state index is -0.332. The van der Waals surface area contributed by atoms with Gasteiger partial charge >= 0.3 is 6.03 Å². The van der Waals surface area contributed by atoms with Crippen LogP contribution < -0.4 is 14.8 Å². The molecule has 13 nitrogen and oxygen atoms in total. The van der Waals surface area contributed by atoms with Gasteiger partial charge in [-0.2, -0.15) is 0 Å². The van der Waals surface area contributed by atoms with Crippen LogP contribution in [0, 0.1) is 0 Å². The molecule has 38 heavy (non-hydrogen) atoms. The number of imidazole rings is 1. The maximum Gasteiger partial charge on any atom is 0.318 e. The molecule has 4 aromatic rings. The summed E-state index contributed by atoms with van der Waals surface area (Å²) in [4.78, 5) is 29.1. The van der Waals surface area contributed by atoms with Crippen LogP contribution in [0.4, 0.5) is 4.79 Å². The second-order valence-electron chi connectivity index (χ2n) is 9.22. The summed E-state index contributed by atoms with van der Waals surface area (Å²) in [6, 6.07) is 1.04. The number of pyridine rings is 1. The molecule has 2 amide bonds. The first-order valence-corrected chi connectivity index (χ1v) is 12.8. The number of urea groups is 1. The first-order valence-electron chi connectivity index (χ1n) is 12.8. The van der Waals surface area contributed by atoms with E-state index in [1.165, 1.54) is 0 Å². The van der Waals surface area contributed by atoms with Gasteiger partial charge in [-0.05, 0) is 49.6 Å².